The largest absolute Gasteiger partial charge is 0.417 e. The highest BCUT2D eigenvalue weighted by Crippen LogP contribution is 2.32. The molecule has 152 valence electrons. The van der Waals surface area contributed by atoms with Crippen molar-refractivity contribution >= 4 is 17.7 Å². The Bertz CT molecular complexity index is 1000. The SMILES string of the molecule is CC(=O)NCCc1nnc(Sc2ccc(C(F)(F)F)cn2)n1-c1ccccc1F. The van der Waals surface area contributed by atoms with Gasteiger partial charge in [0.25, 0.3) is 0 Å². The van der Waals surface area contributed by atoms with Crippen LogP contribution >= 0.6 is 11.8 Å². The number of amides is 1. The second kappa shape index (κ2) is 8.60. The van der Waals surface area contributed by atoms with Crippen LogP contribution in [0.2, 0.25) is 0 Å². The van der Waals surface area contributed by atoms with Gasteiger partial charge < -0.3 is 5.32 Å². The molecular formula is C18H15F4N5OS. The smallest absolute Gasteiger partial charge is 0.356 e. The standard InChI is InChI=1S/C18H15F4N5OS/c1-11(28)23-9-8-15-25-26-17(27(15)14-5-3-2-4-13(14)19)29-16-7-6-12(10-24-16)18(20,21)22/h2-7,10H,8-9H2,1H3,(H,23,28). The van der Waals surface area contributed by atoms with Crippen molar-refractivity contribution in [2.24, 2.45) is 0 Å². The molecule has 3 rings (SSSR count). The van der Waals surface area contributed by atoms with Crippen LogP contribution in [0.15, 0.2) is 52.8 Å². The fraction of sp³-hybridized carbons (Fsp3) is 0.222. The molecule has 2 aromatic heterocycles. The third-order valence-corrected chi connectivity index (χ3v) is 4.67. The summed E-state index contributed by atoms with van der Waals surface area (Å²) in [6, 6.07) is 8.11. The van der Waals surface area contributed by atoms with Gasteiger partial charge in [0.2, 0.25) is 11.1 Å². The average Bonchev–Trinajstić information content (AvgIpc) is 3.04. The second-order valence-corrected chi connectivity index (χ2v) is 6.89. The van der Waals surface area contributed by atoms with Gasteiger partial charge in [-0.3, -0.25) is 9.36 Å². The highest BCUT2D eigenvalue weighted by atomic mass is 32.2. The Hall–Kier alpha value is -2.95. The summed E-state index contributed by atoms with van der Waals surface area (Å²) in [5.74, 6) is -0.348. The molecule has 0 atom stereocenters. The van der Waals surface area contributed by atoms with Gasteiger partial charge in [0, 0.05) is 26.1 Å². The second-order valence-electron chi connectivity index (χ2n) is 5.90. The molecule has 0 unspecified atom stereocenters. The molecule has 0 bridgehead atoms. The van der Waals surface area contributed by atoms with Gasteiger partial charge >= 0.3 is 6.18 Å². The molecule has 0 aliphatic heterocycles. The molecular weight excluding hydrogens is 410 g/mol. The maximum Gasteiger partial charge on any atom is 0.417 e. The van der Waals surface area contributed by atoms with Crippen LogP contribution in [-0.2, 0) is 17.4 Å². The fourth-order valence-electron chi connectivity index (χ4n) is 2.46. The van der Waals surface area contributed by atoms with Gasteiger partial charge in [-0.15, -0.1) is 10.2 Å². The molecule has 0 spiro atoms. The maximum atomic E-state index is 14.4. The monoisotopic (exact) mass is 425 g/mol. The number of para-hydroxylation sites is 1. The molecule has 1 amide bonds. The molecule has 11 heteroatoms. The van der Waals surface area contributed by atoms with Crippen molar-refractivity contribution in [3.05, 3.63) is 59.8 Å². The van der Waals surface area contributed by atoms with E-state index in [1.165, 1.54) is 35.8 Å². The van der Waals surface area contributed by atoms with Gasteiger partial charge in [0.15, 0.2) is 0 Å². The number of nitrogens with zero attached hydrogens (tertiary/aromatic N) is 4. The predicted molar refractivity (Wildman–Crippen MR) is 97.1 cm³/mol. The number of benzene rings is 1. The quantitative estimate of drug-likeness (QED) is 0.611. The number of carbonyl (C=O) groups excluding carboxylic acids is 1. The van der Waals surface area contributed by atoms with Crippen LogP contribution in [0.25, 0.3) is 5.69 Å². The van der Waals surface area contributed by atoms with Crippen molar-refractivity contribution in [1.29, 1.82) is 0 Å². The Morgan fingerprint density at radius 2 is 1.93 bits per heavy atom. The molecule has 6 nitrogen and oxygen atoms in total. The Labute approximate surface area is 167 Å². The van der Waals surface area contributed by atoms with Crippen molar-refractivity contribution in [1.82, 2.24) is 25.1 Å². The van der Waals surface area contributed by atoms with Crippen molar-refractivity contribution in [2.75, 3.05) is 6.54 Å². The topological polar surface area (TPSA) is 72.7 Å². The maximum absolute atomic E-state index is 14.4. The highest BCUT2D eigenvalue weighted by Gasteiger charge is 2.30. The minimum Gasteiger partial charge on any atom is -0.356 e. The number of aromatic nitrogens is 4. The Kier molecular flexibility index (Phi) is 6.16. The van der Waals surface area contributed by atoms with E-state index in [-0.39, 0.29) is 34.7 Å². The number of alkyl halides is 3. The zero-order chi connectivity index (χ0) is 21.0. The molecule has 0 fully saturated rings. The Morgan fingerprint density at radius 3 is 2.55 bits per heavy atom. The zero-order valence-corrected chi connectivity index (χ0v) is 15.9. The molecule has 0 saturated heterocycles. The van der Waals surface area contributed by atoms with Crippen LogP contribution in [-0.4, -0.2) is 32.2 Å². The van der Waals surface area contributed by atoms with E-state index in [0.717, 1.165) is 24.0 Å². The van der Waals surface area contributed by atoms with Crippen molar-refractivity contribution in [3.8, 4) is 5.69 Å². The molecule has 3 aromatic rings. The lowest BCUT2D eigenvalue weighted by Gasteiger charge is -2.11. The van der Waals surface area contributed by atoms with Gasteiger partial charge in [-0.25, -0.2) is 9.37 Å². The van der Waals surface area contributed by atoms with E-state index in [1.807, 2.05) is 0 Å². The van der Waals surface area contributed by atoms with E-state index < -0.39 is 17.6 Å². The lowest BCUT2D eigenvalue weighted by Crippen LogP contribution is -2.23. The highest BCUT2D eigenvalue weighted by molar-refractivity contribution is 7.99. The summed E-state index contributed by atoms with van der Waals surface area (Å²) >= 11 is 0.955. The number of rotatable bonds is 6. The molecule has 0 aliphatic carbocycles. The van der Waals surface area contributed by atoms with E-state index in [2.05, 4.69) is 20.5 Å². The van der Waals surface area contributed by atoms with Gasteiger partial charge in [-0.2, -0.15) is 13.2 Å². The van der Waals surface area contributed by atoms with Crippen LogP contribution in [0.3, 0.4) is 0 Å². The zero-order valence-electron chi connectivity index (χ0n) is 15.1. The summed E-state index contributed by atoms with van der Waals surface area (Å²) in [5, 5.41) is 11.2. The molecule has 0 radical (unpaired) electrons. The van der Waals surface area contributed by atoms with Crippen molar-refractivity contribution < 1.29 is 22.4 Å². The van der Waals surface area contributed by atoms with Crippen LogP contribution in [0, 0.1) is 5.82 Å². The Balaban J connectivity index is 1.93. The molecule has 1 aromatic carbocycles. The first kappa shape index (κ1) is 20.8. The van der Waals surface area contributed by atoms with Gasteiger partial charge in [-0.1, -0.05) is 12.1 Å². The summed E-state index contributed by atoms with van der Waals surface area (Å²) in [6.45, 7) is 1.64. The number of nitrogens with one attached hydrogen (secondary N) is 1. The molecule has 0 saturated carbocycles. The minimum absolute atomic E-state index is 0.185. The summed E-state index contributed by atoms with van der Waals surface area (Å²) < 4.78 is 54.0. The number of halogens is 4. The predicted octanol–water partition coefficient (Wildman–Crippen LogP) is 3.65. The van der Waals surface area contributed by atoms with E-state index in [0.29, 0.717) is 5.82 Å². The summed E-state index contributed by atoms with van der Waals surface area (Å²) in [5.41, 5.74) is -0.682. The lowest BCUT2D eigenvalue weighted by atomic mass is 10.3. The molecule has 29 heavy (non-hydrogen) atoms. The fourth-order valence-corrected chi connectivity index (χ4v) is 3.26. The van der Waals surface area contributed by atoms with Crippen molar-refractivity contribution in [3.63, 3.8) is 0 Å². The number of pyridine rings is 1. The van der Waals surface area contributed by atoms with E-state index >= 15 is 0 Å². The van der Waals surface area contributed by atoms with Crippen molar-refractivity contribution in [2.45, 2.75) is 29.7 Å². The lowest BCUT2D eigenvalue weighted by molar-refractivity contribution is -0.137. The molecule has 1 N–H and O–H groups in total. The van der Waals surface area contributed by atoms with Gasteiger partial charge in [-0.05, 0) is 36.0 Å². The van der Waals surface area contributed by atoms with Gasteiger partial charge in [0.05, 0.1) is 11.3 Å². The first-order valence-corrected chi connectivity index (χ1v) is 9.22. The Morgan fingerprint density at radius 1 is 1.17 bits per heavy atom. The van der Waals surface area contributed by atoms with E-state index in [4.69, 9.17) is 0 Å². The van der Waals surface area contributed by atoms with E-state index in [9.17, 15) is 22.4 Å². The average molecular weight is 425 g/mol. The van der Waals surface area contributed by atoms with Crippen LogP contribution in [0.4, 0.5) is 17.6 Å². The van der Waals surface area contributed by atoms with Crippen LogP contribution in [0.5, 0.6) is 0 Å². The molecule has 2 heterocycles. The third-order valence-electron chi connectivity index (χ3n) is 3.78. The first-order chi connectivity index (χ1) is 13.8. The molecule has 0 aliphatic rings. The summed E-state index contributed by atoms with van der Waals surface area (Å²) in [6.07, 6.45) is -3.48. The summed E-state index contributed by atoms with van der Waals surface area (Å²) in [4.78, 5) is 14.9. The van der Waals surface area contributed by atoms with Crippen LogP contribution in [0.1, 0.15) is 18.3 Å². The van der Waals surface area contributed by atoms with Crippen LogP contribution < -0.4 is 5.32 Å². The normalized spacial score (nSPS) is 11.5. The number of hydrogen-bond acceptors (Lipinski definition) is 5. The third kappa shape index (κ3) is 5.11. The van der Waals surface area contributed by atoms with Gasteiger partial charge in [0.1, 0.15) is 16.7 Å². The number of hydrogen-bond donors (Lipinski definition) is 1. The first-order valence-electron chi connectivity index (χ1n) is 8.40. The number of carbonyl (C=O) groups is 1. The van der Waals surface area contributed by atoms with E-state index in [1.54, 1.807) is 6.07 Å². The minimum atomic E-state index is -4.49. The summed E-state index contributed by atoms with van der Waals surface area (Å²) in [7, 11) is 0.